The Kier molecular flexibility index (Phi) is 4.86. The Morgan fingerprint density at radius 1 is 1.09 bits per heavy atom. The van der Waals surface area contributed by atoms with E-state index in [-0.39, 0.29) is 11.8 Å². The standard InChI is InChI=1S/C19H22N2O/c22-19(17-10-6-12-20-14-17)21-18-11-5-4-9-16(18)13-15-7-2-1-3-8-15/h1-5,7-9,11,17,20H,6,10,12-14H2,(H,21,22). The number of nitrogens with one attached hydrogen (secondary N) is 2. The zero-order valence-electron chi connectivity index (χ0n) is 12.7. The van der Waals surface area contributed by atoms with E-state index in [9.17, 15) is 4.79 Å². The summed E-state index contributed by atoms with van der Waals surface area (Å²) in [5.41, 5.74) is 3.34. The van der Waals surface area contributed by atoms with Crippen LogP contribution in [0.4, 0.5) is 5.69 Å². The molecule has 0 spiro atoms. The molecule has 1 heterocycles. The molecule has 22 heavy (non-hydrogen) atoms. The summed E-state index contributed by atoms with van der Waals surface area (Å²) in [5, 5.41) is 6.42. The van der Waals surface area contributed by atoms with Gasteiger partial charge in [-0.2, -0.15) is 0 Å². The van der Waals surface area contributed by atoms with E-state index in [1.807, 2.05) is 36.4 Å². The third kappa shape index (κ3) is 3.74. The van der Waals surface area contributed by atoms with Gasteiger partial charge in [0.05, 0.1) is 5.92 Å². The van der Waals surface area contributed by atoms with Crippen molar-refractivity contribution in [2.24, 2.45) is 5.92 Å². The Morgan fingerprint density at radius 3 is 2.64 bits per heavy atom. The maximum absolute atomic E-state index is 12.4. The average Bonchev–Trinajstić information content (AvgIpc) is 2.58. The molecule has 1 amide bonds. The molecule has 0 bridgehead atoms. The first-order chi connectivity index (χ1) is 10.8. The number of anilines is 1. The smallest absolute Gasteiger partial charge is 0.228 e. The van der Waals surface area contributed by atoms with Crippen molar-refractivity contribution in [3.05, 3.63) is 65.7 Å². The molecule has 0 saturated carbocycles. The molecule has 1 aliphatic rings. The van der Waals surface area contributed by atoms with E-state index in [1.165, 1.54) is 5.56 Å². The molecule has 3 rings (SSSR count). The van der Waals surface area contributed by atoms with Gasteiger partial charge in [-0.3, -0.25) is 4.79 Å². The SMILES string of the molecule is O=C(Nc1ccccc1Cc1ccccc1)C1CCCNC1. The number of rotatable bonds is 4. The molecule has 0 aromatic heterocycles. The number of para-hydroxylation sites is 1. The average molecular weight is 294 g/mol. The second-order valence-electron chi connectivity index (χ2n) is 5.85. The van der Waals surface area contributed by atoms with Gasteiger partial charge >= 0.3 is 0 Å². The van der Waals surface area contributed by atoms with E-state index in [4.69, 9.17) is 0 Å². The highest BCUT2D eigenvalue weighted by Crippen LogP contribution is 2.21. The fourth-order valence-electron chi connectivity index (χ4n) is 2.92. The Morgan fingerprint density at radius 2 is 1.86 bits per heavy atom. The summed E-state index contributed by atoms with van der Waals surface area (Å²) in [4.78, 5) is 12.4. The minimum absolute atomic E-state index is 0.0820. The van der Waals surface area contributed by atoms with Gasteiger partial charge in [-0.05, 0) is 43.0 Å². The number of piperidine rings is 1. The molecule has 2 N–H and O–H groups in total. The molecular weight excluding hydrogens is 272 g/mol. The molecule has 3 heteroatoms. The van der Waals surface area contributed by atoms with Crippen LogP contribution in [0.25, 0.3) is 0 Å². The van der Waals surface area contributed by atoms with E-state index >= 15 is 0 Å². The zero-order valence-corrected chi connectivity index (χ0v) is 12.7. The number of amides is 1. The molecule has 1 fully saturated rings. The molecule has 1 unspecified atom stereocenters. The highest BCUT2D eigenvalue weighted by atomic mass is 16.1. The first-order valence-electron chi connectivity index (χ1n) is 7.96. The minimum atomic E-state index is 0.0820. The van der Waals surface area contributed by atoms with Crippen molar-refractivity contribution in [1.29, 1.82) is 0 Å². The molecule has 2 aromatic carbocycles. The molecule has 1 aliphatic heterocycles. The summed E-state index contributed by atoms with van der Waals surface area (Å²) in [7, 11) is 0. The molecule has 0 radical (unpaired) electrons. The van der Waals surface area contributed by atoms with Crippen molar-refractivity contribution < 1.29 is 4.79 Å². The van der Waals surface area contributed by atoms with E-state index < -0.39 is 0 Å². The van der Waals surface area contributed by atoms with E-state index in [0.29, 0.717) is 0 Å². The fourth-order valence-corrected chi connectivity index (χ4v) is 2.92. The van der Waals surface area contributed by atoms with Gasteiger partial charge < -0.3 is 10.6 Å². The van der Waals surface area contributed by atoms with Gasteiger partial charge in [-0.15, -0.1) is 0 Å². The summed E-state index contributed by atoms with van der Waals surface area (Å²) >= 11 is 0. The maximum atomic E-state index is 12.4. The summed E-state index contributed by atoms with van der Waals surface area (Å²) in [6, 6.07) is 18.4. The topological polar surface area (TPSA) is 41.1 Å². The number of carbonyl (C=O) groups is 1. The van der Waals surface area contributed by atoms with Crippen molar-refractivity contribution in [3.63, 3.8) is 0 Å². The minimum Gasteiger partial charge on any atom is -0.326 e. The second kappa shape index (κ2) is 7.23. The van der Waals surface area contributed by atoms with Gasteiger partial charge in [-0.1, -0.05) is 48.5 Å². The van der Waals surface area contributed by atoms with Gasteiger partial charge in [0.25, 0.3) is 0 Å². The van der Waals surface area contributed by atoms with Crippen molar-refractivity contribution in [3.8, 4) is 0 Å². The lowest BCUT2D eigenvalue weighted by molar-refractivity contribution is -0.120. The molecule has 1 atom stereocenters. The Balaban J connectivity index is 1.72. The number of carbonyl (C=O) groups excluding carboxylic acids is 1. The van der Waals surface area contributed by atoms with Crippen LogP contribution in [0.3, 0.4) is 0 Å². The van der Waals surface area contributed by atoms with Crippen LogP contribution in [-0.4, -0.2) is 19.0 Å². The summed E-state index contributed by atoms with van der Waals surface area (Å²) < 4.78 is 0. The largest absolute Gasteiger partial charge is 0.326 e. The van der Waals surface area contributed by atoms with Crippen LogP contribution in [0.2, 0.25) is 0 Å². The molecular formula is C19H22N2O. The monoisotopic (exact) mass is 294 g/mol. The molecule has 3 nitrogen and oxygen atoms in total. The van der Waals surface area contributed by atoms with Crippen LogP contribution in [0.1, 0.15) is 24.0 Å². The Hall–Kier alpha value is -2.13. The second-order valence-corrected chi connectivity index (χ2v) is 5.85. The normalized spacial score (nSPS) is 17.9. The molecule has 114 valence electrons. The molecule has 0 aliphatic carbocycles. The first kappa shape index (κ1) is 14.8. The van der Waals surface area contributed by atoms with Crippen molar-refractivity contribution in [2.75, 3.05) is 18.4 Å². The number of benzene rings is 2. The maximum Gasteiger partial charge on any atom is 0.228 e. The van der Waals surface area contributed by atoms with Gasteiger partial charge in [0.15, 0.2) is 0 Å². The third-order valence-electron chi connectivity index (χ3n) is 4.18. The van der Waals surface area contributed by atoms with Gasteiger partial charge in [-0.25, -0.2) is 0 Å². The Labute approximate surface area is 131 Å². The lowest BCUT2D eigenvalue weighted by Gasteiger charge is -2.22. The first-order valence-corrected chi connectivity index (χ1v) is 7.96. The molecule has 1 saturated heterocycles. The predicted molar refractivity (Wildman–Crippen MR) is 89.9 cm³/mol. The van der Waals surface area contributed by atoms with Gasteiger partial charge in [0.1, 0.15) is 0 Å². The van der Waals surface area contributed by atoms with Crippen molar-refractivity contribution in [1.82, 2.24) is 5.32 Å². The highest BCUT2D eigenvalue weighted by molar-refractivity contribution is 5.93. The van der Waals surface area contributed by atoms with Gasteiger partial charge in [0.2, 0.25) is 5.91 Å². The van der Waals surface area contributed by atoms with Crippen LogP contribution < -0.4 is 10.6 Å². The highest BCUT2D eigenvalue weighted by Gasteiger charge is 2.21. The Bertz CT molecular complexity index is 618. The number of hydrogen-bond donors (Lipinski definition) is 2. The zero-order chi connectivity index (χ0) is 15.2. The lowest BCUT2D eigenvalue weighted by Crippen LogP contribution is -2.37. The van der Waals surface area contributed by atoms with Crippen LogP contribution in [0, 0.1) is 5.92 Å². The fraction of sp³-hybridized carbons (Fsp3) is 0.316. The summed E-state index contributed by atoms with van der Waals surface area (Å²) in [5.74, 6) is 0.214. The van der Waals surface area contributed by atoms with Crippen LogP contribution in [-0.2, 0) is 11.2 Å². The van der Waals surface area contributed by atoms with Crippen LogP contribution in [0.15, 0.2) is 54.6 Å². The lowest BCUT2D eigenvalue weighted by atomic mass is 9.98. The van der Waals surface area contributed by atoms with E-state index in [1.54, 1.807) is 0 Å². The van der Waals surface area contributed by atoms with Crippen molar-refractivity contribution in [2.45, 2.75) is 19.3 Å². The number of hydrogen-bond acceptors (Lipinski definition) is 2. The third-order valence-corrected chi connectivity index (χ3v) is 4.18. The summed E-state index contributed by atoms with van der Waals surface area (Å²) in [6.07, 6.45) is 2.88. The van der Waals surface area contributed by atoms with Crippen LogP contribution in [0.5, 0.6) is 0 Å². The van der Waals surface area contributed by atoms with E-state index in [2.05, 4.69) is 28.8 Å². The quantitative estimate of drug-likeness (QED) is 0.909. The van der Waals surface area contributed by atoms with Gasteiger partial charge in [0, 0.05) is 12.2 Å². The molecule has 2 aromatic rings. The van der Waals surface area contributed by atoms with E-state index in [0.717, 1.165) is 43.6 Å². The van der Waals surface area contributed by atoms with Crippen LogP contribution >= 0.6 is 0 Å². The van der Waals surface area contributed by atoms with Crippen molar-refractivity contribution >= 4 is 11.6 Å². The summed E-state index contributed by atoms with van der Waals surface area (Å²) in [6.45, 7) is 1.81. The predicted octanol–water partition coefficient (Wildman–Crippen LogP) is 3.22.